The maximum atomic E-state index is 11.6. The Labute approximate surface area is 98.7 Å². The van der Waals surface area contributed by atoms with Crippen LogP contribution in [0.25, 0.3) is 0 Å². The number of aromatic carboxylic acids is 1. The highest BCUT2D eigenvalue weighted by Crippen LogP contribution is 2.45. The molecular formula is C13H15NO3. The summed E-state index contributed by atoms with van der Waals surface area (Å²) in [7, 11) is 0. The summed E-state index contributed by atoms with van der Waals surface area (Å²) in [4.78, 5) is 25.3. The van der Waals surface area contributed by atoms with Crippen molar-refractivity contribution >= 4 is 5.97 Å². The number of nitrogens with one attached hydrogen (secondary N) is 1. The Balaban J connectivity index is 2.09. The Hall–Kier alpha value is -1.58. The largest absolute Gasteiger partial charge is 0.477 e. The number of carbonyl (C=O) groups is 1. The molecule has 2 atom stereocenters. The van der Waals surface area contributed by atoms with E-state index in [1.807, 2.05) is 0 Å². The van der Waals surface area contributed by atoms with E-state index < -0.39 is 11.5 Å². The number of aromatic amines is 1. The Morgan fingerprint density at radius 1 is 1.35 bits per heavy atom. The standard InChI is InChI=1S/C13H15NO3/c15-12-10(13(16)17)6-9-8-4-2-1-3-7(8)5-11(9)14-12/h6-8H,1-5H2,(H,14,15)(H,16,17)/t7-,8-/m1/s1. The number of pyridine rings is 1. The van der Waals surface area contributed by atoms with Crippen LogP contribution in [0.5, 0.6) is 0 Å². The molecule has 0 radical (unpaired) electrons. The molecule has 2 N–H and O–H groups in total. The molecule has 90 valence electrons. The van der Waals surface area contributed by atoms with E-state index in [-0.39, 0.29) is 5.56 Å². The molecular weight excluding hydrogens is 218 g/mol. The highest BCUT2D eigenvalue weighted by molar-refractivity contribution is 5.87. The first kappa shape index (κ1) is 10.6. The molecule has 0 spiro atoms. The second-order valence-electron chi connectivity index (χ2n) is 5.11. The molecule has 0 aromatic carbocycles. The molecule has 1 aromatic heterocycles. The van der Waals surface area contributed by atoms with Gasteiger partial charge in [-0.25, -0.2) is 4.79 Å². The lowest BCUT2D eigenvalue weighted by atomic mass is 9.80. The Morgan fingerprint density at radius 3 is 2.88 bits per heavy atom. The van der Waals surface area contributed by atoms with Gasteiger partial charge in [0.15, 0.2) is 0 Å². The van der Waals surface area contributed by atoms with Gasteiger partial charge in [0.2, 0.25) is 0 Å². The molecule has 1 aromatic rings. The van der Waals surface area contributed by atoms with Crippen LogP contribution in [0.1, 0.15) is 53.2 Å². The molecule has 0 aliphatic heterocycles. The lowest BCUT2D eigenvalue weighted by Crippen LogP contribution is -2.19. The summed E-state index contributed by atoms with van der Waals surface area (Å²) in [5.74, 6) is -0.0551. The Bertz CT molecular complexity index is 532. The minimum Gasteiger partial charge on any atom is -0.477 e. The zero-order valence-corrected chi connectivity index (χ0v) is 9.53. The predicted molar refractivity (Wildman–Crippen MR) is 62.4 cm³/mol. The third-order valence-electron chi connectivity index (χ3n) is 4.16. The fraction of sp³-hybridized carbons (Fsp3) is 0.538. The third kappa shape index (κ3) is 1.59. The van der Waals surface area contributed by atoms with Crippen LogP contribution in [0.4, 0.5) is 0 Å². The molecule has 0 saturated heterocycles. The summed E-state index contributed by atoms with van der Waals surface area (Å²) in [5, 5.41) is 8.97. The maximum absolute atomic E-state index is 11.6. The number of carboxylic acid groups (broad SMARTS) is 1. The summed E-state index contributed by atoms with van der Waals surface area (Å²) in [6.45, 7) is 0. The highest BCUT2D eigenvalue weighted by atomic mass is 16.4. The molecule has 1 heterocycles. The molecule has 0 amide bonds. The van der Waals surface area contributed by atoms with Crippen molar-refractivity contribution in [3.8, 4) is 0 Å². The second-order valence-corrected chi connectivity index (χ2v) is 5.11. The van der Waals surface area contributed by atoms with E-state index in [1.54, 1.807) is 6.07 Å². The molecule has 1 saturated carbocycles. The van der Waals surface area contributed by atoms with Crippen molar-refractivity contribution in [1.29, 1.82) is 0 Å². The van der Waals surface area contributed by atoms with E-state index in [9.17, 15) is 9.59 Å². The quantitative estimate of drug-likeness (QED) is 0.778. The van der Waals surface area contributed by atoms with Crippen LogP contribution in [0.15, 0.2) is 10.9 Å². The van der Waals surface area contributed by atoms with Crippen molar-refractivity contribution in [3.63, 3.8) is 0 Å². The van der Waals surface area contributed by atoms with Gasteiger partial charge in [-0.2, -0.15) is 0 Å². The molecule has 2 aliphatic rings. The van der Waals surface area contributed by atoms with E-state index in [1.165, 1.54) is 19.3 Å². The number of H-pyrrole nitrogens is 1. The number of aromatic nitrogens is 1. The van der Waals surface area contributed by atoms with Crippen LogP contribution in [0.3, 0.4) is 0 Å². The van der Waals surface area contributed by atoms with E-state index in [4.69, 9.17) is 5.11 Å². The first-order chi connectivity index (χ1) is 8.16. The van der Waals surface area contributed by atoms with Gasteiger partial charge in [-0.3, -0.25) is 4.79 Å². The summed E-state index contributed by atoms with van der Waals surface area (Å²) in [6, 6.07) is 1.60. The first-order valence-electron chi connectivity index (χ1n) is 6.16. The summed E-state index contributed by atoms with van der Waals surface area (Å²) in [5.41, 5.74) is 1.47. The number of fused-ring (bicyclic) bond motifs is 3. The van der Waals surface area contributed by atoms with Gasteiger partial charge >= 0.3 is 5.97 Å². The minimum absolute atomic E-state index is 0.116. The van der Waals surface area contributed by atoms with Gasteiger partial charge in [0.25, 0.3) is 5.56 Å². The van der Waals surface area contributed by atoms with Crippen molar-refractivity contribution in [2.75, 3.05) is 0 Å². The fourth-order valence-corrected chi connectivity index (χ4v) is 3.37. The van der Waals surface area contributed by atoms with E-state index in [2.05, 4.69) is 4.98 Å². The molecule has 2 aliphatic carbocycles. The van der Waals surface area contributed by atoms with Gasteiger partial charge in [-0.1, -0.05) is 12.8 Å². The summed E-state index contributed by atoms with van der Waals surface area (Å²) in [6.07, 6.45) is 5.70. The van der Waals surface area contributed by atoms with Crippen LogP contribution in [-0.2, 0) is 6.42 Å². The highest BCUT2D eigenvalue weighted by Gasteiger charge is 2.35. The van der Waals surface area contributed by atoms with Gasteiger partial charge in [-0.05, 0) is 42.7 Å². The molecule has 0 bridgehead atoms. The molecule has 1 fully saturated rings. The second kappa shape index (κ2) is 3.72. The average Bonchev–Trinajstić information content (AvgIpc) is 2.64. The number of carboxylic acids is 1. The fourth-order valence-electron chi connectivity index (χ4n) is 3.37. The van der Waals surface area contributed by atoms with Gasteiger partial charge in [0.05, 0.1) is 0 Å². The summed E-state index contributed by atoms with van der Waals surface area (Å²) < 4.78 is 0. The normalized spacial score (nSPS) is 26.4. The van der Waals surface area contributed by atoms with Crippen molar-refractivity contribution in [2.24, 2.45) is 5.92 Å². The van der Waals surface area contributed by atoms with Crippen molar-refractivity contribution in [3.05, 3.63) is 33.2 Å². The summed E-state index contributed by atoms with van der Waals surface area (Å²) >= 11 is 0. The first-order valence-corrected chi connectivity index (χ1v) is 6.16. The van der Waals surface area contributed by atoms with Crippen molar-refractivity contribution in [2.45, 2.75) is 38.0 Å². The van der Waals surface area contributed by atoms with Gasteiger partial charge in [-0.15, -0.1) is 0 Å². The van der Waals surface area contributed by atoms with E-state index >= 15 is 0 Å². The minimum atomic E-state index is -1.13. The molecule has 17 heavy (non-hydrogen) atoms. The lowest BCUT2D eigenvalue weighted by molar-refractivity contribution is 0.0694. The predicted octanol–water partition coefficient (Wildman–Crippen LogP) is 1.90. The van der Waals surface area contributed by atoms with Crippen LogP contribution in [0.2, 0.25) is 0 Å². The number of hydrogen-bond acceptors (Lipinski definition) is 2. The van der Waals surface area contributed by atoms with Crippen LogP contribution in [-0.4, -0.2) is 16.1 Å². The maximum Gasteiger partial charge on any atom is 0.341 e. The Morgan fingerprint density at radius 2 is 2.12 bits per heavy atom. The smallest absolute Gasteiger partial charge is 0.341 e. The number of rotatable bonds is 1. The van der Waals surface area contributed by atoms with Crippen LogP contribution >= 0.6 is 0 Å². The zero-order chi connectivity index (χ0) is 12.0. The van der Waals surface area contributed by atoms with Crippen molar-refractivity contribution in [1.82, 2.24) is 4.98 Å². The third-order valence-corrected chi connectivity index (χ3v) is 4.16. The van der Waals surface area contributed by atoms with Crippen LogP contribution in [0, 0.1) is 5.92 Å². The Kier molecular flexibility index (Phi) is 2.31. The average molecular weight is 233 g/mol. The van der Waals surface area contributed by atoms with E-state index in [0.717, 1.165) is 24.1 Å². The lowest BCUT2D eigenvalue weighted by Gasteiger charge is -2.25. The zero-order valence-electron chi connectivity index (χ0n) is 9.53. The SMILES string of the molecule is O=C(O)c1cc2c([nH]c1=O)C[C@H]1CCCC[C@@H]21. The molecule has 4 heteroatoms. The van der Waals surface area contributed by atoms with Gasteiger partial charge in [0.1, 0.15) is 5.56 Å². The molecule has 3 rings (SSSR count). The van der Waals surface area contributed by atoms with Crippen LogP contribution < -0.4 is 5.56 Å². The molecule has 4 nitrogen and oxygen atoms in total. The van der Waals surface area contributed by atoms with Gasteiger partial charge < -0.3 is 10.1 Å². The van der Waals surface area contributed by atoms with E-state index in [0.29, 0.717) is 11.8 Å². The molecule has 0 unspecified atom stereocenters. The number of hydrogen-bond donors (Lipinski definition) is 2. The topological polar surface area (TPSA) is 70.2 Å². The monoisotopic (exact) mass is 233 g/mol. The van der Waals surface area contributed by atoms with Gasteiger partial charge in [0, 0.05) is 5.69 Å². The van der Waals surface area contributed by atoms with Crippen molar-refractivity contribution < 1.29 is 9.90 Å².